The zero-order chi connectivity index (χ0) is 10.8. The van der Waals surface area contributed by atoms with Gasteiger partial charge in [-0.2, -0.15) is 5.26 Å². The zero-order valence-electron chi connectivity index (χ0n) is 8.03. The molecule has 2 rings (SSSR count). The van der Waals surface area contributed by atoms with E-state index in [4.69, 9.17) is 5.26 Å². The van der Waals surface area contributed by atoms with Crippen LogP contribution in [0.2, 0.25) is 0 Å². The van der Waals surface area contributed by atoms with Crippen LogP contribution in [0.15, 0.2) is 0 Å². The summed E-state index contributed by atoms with van der Waals surface area (Å²) in [6.07, 6.45) is -0.585. The van der Waals surface area contributed by atoms with Crippen molar-refractivity contribution in [3.05, 3.63) is 11.4 Å². The van der Waals surface area contributed by atoms with Gasteiger partial charge in [0.05, 0.1) is 12.5 Å². The molecule has 1 saturated carbocycles. The minimum Gasteiger partial charge on any atom is -0.243 e. The Kier molecular flexibility index (Phi) is 2.62. The lowest BCUT2D eigenvalue weighted by Crippen LogP contribution is -2.08. The molecule has 0 unspecified atom stereocenters. The maximum atomic E-state index is 12.7. The van der Waals surface area contributed by atoms with Crippen molar-refractivity contribution in [3.63, 3.8) is 0 Å². The number of hydrogen-bond donors (Lipinski definition) is 0. The third kappa shape index (κ3) is 2.12. The summed E-state index contributed by atoms with van der Waals surface area (Å²) in [4.78, 5) is 0. The maximum absolute atomic E-state index is 12.7. The fraction of sp³-hybridized carbons (Fsp3) is 0.667. The molecule has 0 N–H and O–H groups in total. The molecule has 0 amide bonds. The molecule has 1 aromatic heterocycles. The summed E-state index contributed by atoms with van der Waals surface area (Å²) in [6, 6.07) is 1.81. The molecule has 15 heavy (non-hydrogen) atoms. The van der Waals surface area contributed by atoms with Crippen LogP contribution < -0.4 is 0 Å². The van der Waals surface area contributed by atoms with Gasteiger partial charge in [-0.05, 0) is 18.8 Å². The normalized spacial score (nSPS) is 15.6. The first kappa shape index (κ1) is 10.0. The zero-order valence-corrected chi connectivity index (χ0v) is 8.03. The van der Waals surface area contributed by atoms with E-state index in [-0.39, 0.29) is 17.8 Å². The first-order chi connectivity index (χ1) is 7.22. The molecular weight excluding hydrogens is 202 g/mol. The Balaban J connectivity index is 2.24. The number of nitrogens with zero attached hydrogens (tertiary/aromatic N) is 4. The second-order valence-electron chi connectivity index (χ2n) is 3.68. The van der Waals surface area contributed by atoms with E-state index in [1.54, 1.807) is 0 Å². The molecule has 0 atom stereocenters. The van der Waals surface area contributed by atoms with E-state index >= 15 is 0 Å². The van der Waals surface area contributed by atoms with Crippen molar-refractivity contribution in [3.8, 4) is 6.07 Å². The highest BCUT2D eigenvalue weighted by molar-refractivity contribution is 5.15. The average Bonchev–Trinajstić information content (AvgIpc) is 2.88. The molecule has 6 heteroatoms. The van der Waals surface area contributed by atoms with Gasteiger partial charge in [-0.15, -0.1) is 5.10 Å². The molecule has 0 aliphatic heterocycles. The number of nitriles is 1. The third-order valence-corrected chi connectivity index (χ3v) is 2.43. The number of rotatable bonds is 4. The minimum atomic E-state index is -2.61. The molecule has 0 radical (unpaired) electrons. The lowest BCUT2D eigenvalue weighted by atomic mass is 10.2. The van der Waals surface area contributed by atoms with Crippen molar-refractivity contribution in [2.24, 2.45) is 5.92 Å². The van der Waals surface area contributed by atoms with Gasteiger partial charge >= 0.3 is 0 Å². The van der Waals surface area contributed by atoms with Crippen LogP contribution in [0.3, 0.4) is 0 Å². The summed E-state index contributed by atoms with van der Waals surface area (Å²) < 4.78 is 26.7. The van der Waals surface area contributed by atoms with Crippen LogP contribution in [-0.2, 0) is 13.0 Å². The van der Waals surface area contributed by atoms with E-state index in [2.05, 4.69) is 10.3 Å². The molecule has 4 nitrogen and oxygen atoms in total. The largest absolute Gasteiger partial charge is 0.281 e. The van der Waals surface area contributed by atoms with E-state index in [9.17, 15) is 8.78 Å². The highest BCUT2D eigenvalue weighted by Gasteiger charge is 2.27. The monoisotopic (exact) mass is 212 g/mol. The van der Waals surface area contributed by atoms with Crippen LogP contribution in [0.5, 0.6) is 0 Å². The van der Waals surface area contributed by atoms with Crippen molar-refractivity contribution in [2.45, 2.75) is 32.2 Å². The van der Waals surface area contributed by atoms with E-state index in [1.165, 1.54) is 4.68 Å². The first-order valence-electron chi connectivity index (χ1n) is 4.79. The van der Waals surface area contributed by atoms with Crippen molar-refractivity contribution in [1.29, 1.82) is 5.26 Å². The van der Waals surface area contributed by atoms with Gasteiger partial charge in [0.25, 0.3) is 6.43 Å². The predicted octanol–water partition coefficient (Wildman–Crippen LogP) is 1.69. The van der Waals surface area contributed by atoms with E-state index in [1.807, 2.05) is 6.07 Å². The van der Waals surface area contributed by atoms with Crippen LogP contribution in [-0.4, -0.2) is 15.0 Å². The van der Waals surface area contributed by atoms with Gasteiger partial charge in [-0.25, -0.2) is 13.5 Å². The van der Waals surface area contributed by atoms with E-state index in [0.29, 0.717) is 12.5 Å². The highest BCUT2D eigenvalue weighted by Crippen LogP contribution is 2.32. The molecule has 0 bridgehead atoms. The van der Waals surface area contributed by atoms with Gasteiger partial charge in [0, 0.05) is 6.54 Å². The van der Waals surface area contributed by atoms with Crippen LogP contribution in [0.25, 0.3) is 0 Å². The quantitative estimate of drug-likeness (QED) is 0.763. The molecule has 1 aliphatic carbocycles. The Bertz CT molecular complexity index is 389. The molecule has 80 valence electrons. The SMILES string of the molecule is N#CCc1nnn(CC2CC2)c1C(F)F. The summed E-state index contributed by atoms with van der Waals surface area (Å²) in [5, 5.41) is 15.7. The van der Waals surface area contributed by atoms with E-state index in [0.717, 1.165) is 12.8 Å². The summed E-state index contributed by atoms with van der Waals surface area (Å²) in [7, 11) is 0. The molecule has 1 aliphatic rings. The summed E-state index contributed by atoms with van der Waals surface area (Å²) in [6.45, 7) is 0.498. The predicted molar refractivity (Wildman–Crippen MR) is 47.0 cm³/mol. The average molecular weight is 212 g/mol. The second kappa shape index (κ2) is 3.93. The lowest BCUT2D eigenvalue weighted by molar-refractivity contribution is 0.137. The van der Waals surface area contributed by atoms with Crippen molar-refractivity contribution >= 4 is 0 Å². The Hall–Kier alpha value is -1.51. The molecule has 0 spiro atoms. The van der Waals surface area contributed by atoms with Gasteiger partial charge < -0.3 is 0 Å². The Labute approximate surface area is 85.5 Å². The molecule has 1 heterocycles. The fourth-order valence-electron chi connectivity index (χ4n) is 1.48. The lowest BCUT2D eigenvalue weighted by Gasteiger charge is -2.04. The number of aromatic nitrogens is 3. The summed E-state index contributed by atoms with van der Waals surface area (Å²) in [5.41, 5.74) is -0.0865. The van der Waals surface area contributed by atoms with Gasteiger partial charge in [-0.3, -0.25) is 0 Å². The fourth-order valence-corrected chi connectivity index (χ4v) is 1.48. The Morgan fingerprint density at radius 3 is 2.80 bits per heavy atom. The second-order valence-corrected chi connectivity index (χ2v) is 3.68. The minimum absolute atomic E-state index is 0.105. The van der Waals surface area contributed by atoms with E-state index < -0.39 is 6.43 Å². The molecule has 1 fully saturated rings. The van der Waals surface area contributed by atoms with Crippen molar-refractivity contribution in [1.82, 2.24) is 15.0 Å². The van der Waals surface area contributed by atoms with Gasteiger partial charge in [0.2, 0.25) is 0 Å². The summed E-state index contributed by atoms with van der Waals surface area (Å²) >= 11 is 0. The Morgan fingerprint density at radius 1 is 1.53 bits per heavy atom. The van der Waals surface area contributed by atoms with Crippen molar-refractivity contribution in [2.75, 3.05) is 0 Å². The number of hydrogen-bond acceptors (Lipinski definition) is 3. The van der Waals surface area contributed by atoms with Gasteiger partial charge in [0.15, 0.2) is 0 Å². The summed E-state index contributed by atoms with van der Waals surface area (Å²) in [5.74, 6) is 0.458. The molecule has 0 aromatic carbocycles. The van der Waals surface area contributed by atoms with Gasteiger partial charge in [-0.1, -0.05) is 5.21 Å². The molecular formula is C9H10F2N4. The standard InChI is InChI=1S/C9H10F2N4/c10-9(11)8-7(3-4-12)13-14-15(8)5-6-1-2-6/h6,9H,1-3,5H2. The van der Waals surface area contributed by atoms with Crippen LogP contribution >= 0.6 is 0 Å². The van der Waals surface area contributed by atoms with Crippen LogP contribution in [0.1, 0.15) is 30.7 Å². The first-order valence-corrected chi connectivity index (χ1v) is 4.79. The molecule has 1 aromatic rings. The highest BCUT2D eigenvalue weighted by atomic mass is 19.3. The number of halogens is 2. The maximum Gasteiger partial charge on any atom is 0.281 e. The van der Waals surface area contributed by atoms with Crippen molar-refractivity contribution < 1.29 is 8.78 Å². The van der Waals surface area contributed by atoms with Gasteiger partial charge in [0.1, 0.15) is 11.4 Å². The van der Waals surface area contributed by atoms with Crippen LogP contribution in [0.4, 0.5) is 8.78 Å². The Morgan fingerprint density at radius 2 is 2.27 bits per heavy atom. The topological polar surface area (TPSA) is 54.5 Å². The third-order valence-electron chi connectivity index (χ3n) is 2.43. The van der Waals surface area contributed by atoms with Crippen LogP contribution in [0, 0.1) is 17.2 Å². The number of alkyl halides is 2. The smallest absolute Gasteiger partial charge is 0.243 e. The molecule has 0 saturated heterocycles.